The van der Waals surface area contributed by atoms with Crippen LogP contribution in [0.3, 0.4) is 0 Å². The van der Waals surface area contributed by atoms with E-state index in [2.05, 4.69) is 107 Å². The molecule has 30 heteroatoms. The molecule has 0 saturated heterocycles. The van der Waals surface area contributed by atoms with Crippen LogP contribution in [0.15, 0.2) is 211 Å². The number of nitrogens with zero attached hydrogens (tertiary/aromatic N) is 3. The average Bonchev–Trinajstić information content (AvgIpc) is 0.903. The Balaban J connectivity index is -0.000000207. The van der Waals surface area contributed by atoms with Crippen molar-refractivity contribution >= 4 is 195 Å². The maximum atomic E-state index is 11.2. The number of amides is 1. The number of carbonyl (C=O) groups excluding carboxylic acids is 6. The van der Waals surface area contributed by atoms with E-state index in [0.717, 1.165) is 107 Å². The third-order valence-electron chi connectivity index (χ3n) is 11.7. The van der Waals surface area contributed by atoms with Crippen molar-refractivity contribution in [3.05, 3.63) is 287 Å². The fourth-order valence-electron chi connectivity index (χ4n) is 7.45. The summed E-state index contributed by atoms with van der Waals surface area (Å²) in [6.07, 6.45) is 15.6. The molecule has 0 aliphatic carbocycles. The van der Waals surface area contributed by atoms with Gasteiger partial charge in [0.25, 0.3) is 0 Å². The molecule has 0 aromatic heterocycles. The molecule has 0 atom stereocenters. The van der Waals surface area contributed by atoms with Gasteiger partial charge in [0.1, 0.15) is 32.7 Å². The summed E-state index contributed by atoms with van der Waals surface area (Å²) in [5.74, 6) is -0.0304. The molecule has 104 heavy (non-hydrogen) atoms. The number of hydrogen-bond donors (Lipinski definition) is 2. The number of primary amides is 1. The number of Topliss-reactive ketones (excluding diaryl/α,β-unsaturated/α-hetero) is 3. The Kier molecular flexibility index (Phi) is 80.4. The van der Waals surface area contributed by atoms with E-state index in [4.69, 9.17) is 43.9 Å². The van der Waals surface area contributed by atoms with Crippen LogP contribution in [-0.4, -0.2) is 122 Å². The van der Waals surface area contributed by atoms with Gasteiger partial charge < -0.3 is 38.8 Å². The van der Waals surface area contributed by atoms with Crippen molar-refractivity contribution in [1.29, 1.82) is 0 Å². The van der Waals surface area contributed by atoms with E-state index in [1.807, 2.05) is 103 Å². The van der Waals surface area contributed by atoms with Crippen molar-refractivity contribution in [2.45, 2.75) is 72.6 Å². The SMILES string of the molecule is C.C.COCC(=O)CCCc1cccc(Br)c1.COCC(=O)CCCc1cccc(C(N)=O)c1.COCC(=O)Cl.N/C=C/c1cccc(Br)c1.O=Cc1cccc(Br)c1.O=[N+]([O-])/C=C/c1cccc(Br)c1.O=[N+]([O-])/C=C/c1cccc(Br)c1.[B-].[B].[B]I.[C-]#[N+]c1cccc(CCCC(=O)COC)c1.[K+]. The number of ether oxygens (including phenoxy) is 4. The Hall–Kier alpha value is -5.24. The number of methoxy groups -OCH3 is 4. The average molecular weight is 1900 g/mol. The molecule has 9 radical (unpaired) electrons. The van der Waals surface area contributed by atoms with Crippen molar-refractivity contribution in [3.63, 3.8) is 0 Å². The Morgan fingerprint density at radius 1 is 0.519 bits per heavy atom. The van der Waals surface area contributed by atoms with Crippen LogP contribution in [0.4, 0.5) is 5.69 Å². The summed E-state index contributed by atoms with van der Waals surface area (Å²) in [7, 11) is 6.00. The molecule has 0 bridgehead atoms. The fraction of sp³-hybridized carbons (Fsp3) is 0.257. The topological polar surface area (TPSA) is 282 Å². The van der Waals surface area contributed by atoms with Crippen molar-refractivity contribution in [2.24, 2.45) is 11.5 Å². The molecule has 0 aliphatic heterocycles. The fourth-order valence-corrected chi connectivity index (χ4v) is 9.68. The summed E-state index contributed by atoms with van der Waals surface area (Å²) in [5, 5.41) is 19.5. The third-order valence-corrected chi connectivity index (χ3v) is 14.2. The zero-order valence-corrected chi connectivity index (χ0v) is 71.0. The summed E-state index contributed by atoms with van der Waals surface area (Å²) < 4.78 is 23.5. The minimum Gasteiger partial charge on any atom is -1.00 e. The molecule has 4 N–H and O–H groups in total. The van der Waals surface area contributed by atoms with Crippen LogP contribution in [0.1, 0.15) is 107 Å². The molecule has 0 spiro atoms. The monoisotopic (exact) mass is 1900 g/mol. The summed E-state index contributed by atoms with van der Waals surface area (Å²) in [4.78, 5) is 86.7. The first-order valence-electron chi connectivity index (χ1n) is 29.4. The van der Waals surface area contributed by atoms with Gasteiger partial charge in [0.2, 0.25) is 23.5 Å². The Bertz CT molecular complexity index is 3630. The molecular weight excluding hydrogens is 1820 g/mol. The number of aryl methyl sites for hydroxylation is 3. The normalized spacial score (nSPS) is 9.37. The first-order chi connectivity index (χ1) is 47.4. The van der Waals surface area contributed by atoms with Gasteiger partial charge in [0.05, 0.1) is 16.4 Å². The second-order valence-corrected chi connectivity index (χ2v) is 24.6. The zero-order chi connectivity index (χ0) is 74.6. The molecule has 1 amide bonds. The third kappa shape index (κ3) is 66.2. The number of ketones is 3. The number of carbonyl (C=O) groups is 6. The minimum absolute atomic E-state index is 0. The van der Waals surface area contributed by atoms with E-state index in [1.54, 1.807) is 90.1 Å². The number of aldehydes is 1. The number of halogens is 7. The van der Waals surface area contributed by atoms with Crippen LogP contribution in [-0.2, 0) is 57.4 Å². The molecule has 7 aromatic carbocycles. The minimum atomic E-state index is -0.485. The van der Waals surface area contributed by atoms with E-state index in [-0.39, 0.29) is 127 Å². The first-order valence-corrected chi connectivity index (χ1v) is 35.0. The smallest absolute Gasteiger partial charge is 1.00 e. The molecular formula is C74H85B3Br5ClIKN5O14. The van der Waals surface area contributed by atoms with Gasteiger partial charge in [-0.05, 0) is 163 Å². The molecule has 0 heterocycles. The van der Waals surface area contributed by atoms with E-state index in [1.165, 1.54) is 45.2 Å². The Morgan fingerprint density at radius 3 is 1.12 bits per heavy atom. The van der Waals surface area contributed by atoms with Gasteiger partial charge in [-0.15, -0.1) is 0 Å². The molecule has 0 saturated carbocycles. The van der Waals surface area contributed by atoms with Crippen molar-refractivity contribution < 1.29 is 109 Å². The van der Waals surface area contributed by atoms with Crippen molar-refractivity contribution in [3.8, 4) is 0 Å². The number of rotatable bonds is 27. The van der Waals surface area contributed by atoms with Gasteiger partial charge in [-0.25, -0.2) is 4.85 Å². The molecule has 19 nitrogen and oxygen atoms in total. The predicted molar refractivity (Wildman–Crippen MR) is 446 cm³/mol. The summed E-state index contributed by atoms with van der Waals surface area (Å²) in [6.45, 7) is 7.50. The second-order valence-electron chi connectivity index (χ2n) is 19.6. The van der Waals surface area contributed by atoms with E-state index in [0.29, 0.717) is 36.1 Å². The van der Waals surface area contributed by atoms with Gasteiger partial charge >= 0.3 is 51.4 Å². The molecule has 0 unspecified atom stereocenters. The molecule has 7 aromatic rings. The van der Waals surface area contributed by atoms with Crippen molar-refractivity contribution in [1.82, 2.24) is 0 Å². The second kappa shape index (κ2) is 74.6. The van der Waals surface area contributed by atoms with Crippen LogP contribution < -0.4 is 62.9 Å². The largest absolute Gasteiger partial charge is 1.00 e. The van der Waals surface area contributed by atoms with Crippen LogP contribution in [0.5, 0.6) is 0 Å². The maximum absolute atomic E-state index is 11.2. The van der Waals surface area contributed by atoms with Gasteiger partial charge in [-0.3, -0.25) is 49.0 Å². The van der Waals surface area contributed by atoms with Gasteiger partial charge in [-0.1, -0.05) is 197 Å². The number of benzene rings is 7. The standard InChI is InChI=1S/C13H17NO3.C13H15NO2.C12H15BrO2.2C8H6BrNO2.C8H8BrN.C7H5BrO.C3H5ClO2.2CH4.BI.2B.K/c1-17-9-12(15)7-3-5-10-4-2-6-11(8-10)13(14)16;1-14-12-7-3-5-11(9-12)6-4-8-13(15)10-16-2;1-15-9-12(14)7-3-5-10-4-2-6-11(13)8-10;2*9-8-3-1-2-7(6-8)4-5-10(11)12;9-8-3-1-2-7(6-8)4-5-10;8-7-3-1-2-6(4-7)5-9;1-6-2-3(4)5;;;1-2;;;/h2,4,6,8H,3,5,7,9H2,1H3,(H2,14,16);3,5,7,9H,4,6,8,10H2,2H3;2,4,6,8H,3,5,7,9H2,1H3;2*1-6H;1-6H,10H2;1-5H;2H2,1H3;2*1H4;;;;/q;;;;;;;;;;;;-1;+1/b;;;3*5-4+;;;;;;;;. The van der Waals surface area contributed by atoms with E-state index in [9.17, 15) is 49.0 Å². The molecule has 0 fully saturated rings. The summed E-state index contributed by atoms with van der Waals surface area (Å²) >= 11 is 23.0. The Morgan fingerprint density at radius 2 is 0.827 bits per heavy atom. The summed E-state index contributed by atoms with van der Waals surface area (Å²) in [6, 6.07) is 52.6. The van der Waals surface area contributed by atoms with Gasteiger partial charge in [0.15, 0.2) is 28.7 Å². The van der Waals surface area contributed by atoms with E-state index < -0.39 is 21.0 Å². The quantitative estimate of drug-likeness (QED) is 0.00920. The van der Waals surface area contributed by atoms with Crippen LogP contribution in [0.2, 0.25) is 0 Å². The first kappa shape index (κ1) is 112. The maximum Gasteiger partial charge on any atom is 1.00 e. The summed E-state index contributed by atoms with van der Waals surface area (Å²) in [5.41, 5.74) is 22.8. The van der Waals surface area contributed by atoms with Crippen molar-refractivity contribution in [2.75, 3.05) is 54.9 Å². The molecule has 0 aliphatic rings. The van der Waals surface area contributed by atoms with E-state index >= 15 is 0 Å². The van der Waals surface area contributed by atoms with Crippen LogP contribution in [0.25, 0.3) is 23.1 Å². The Labute approximate surface area is 721 Å². The zero-order valence-electron chi connectivity index (χ0n) is 57.0. The van der Waals surface area contributed by atoms with Gasteiger partial charge in [0, 0.05) is 102 Å². The number of nitro groups is 2. The predicted octanol–water partition coefficient (Wildman–Crippen LogP) is 15.5. The van der Waals surface area contributed by atoms with Crippen LogP contribution in [0, 0.1) is 26.8 Å². The van der Waals surface area contributed by atoms with Crippen LogP contribution >= 0.6 is 114 Å². The number of nitrogens with two attached hydrogens (primary N) is 2. The molecule has 549 valence electrons. The van der Waals surface area contributed by atoms with Gasteiger partial charge in [-0.2, -0.15) is 22.4 Å². The number of hydrogen-bond acceptors (Lipinski definition) is 15. The molecule has 7 rings (SSSR count).